The average Bonchev–Trinajstić information content (AvgIpc) is 2.81. The maximum atomic E-state index is 13.3. The average molecular weight is 447 g/mol. The maximum Gasteiger partial charge on any atom is 0.162 e. The third kappa shape index (κ3) is 5.15. The molecular formula is C22H24ClFN4O3. The van der Waals surface area contributed by atoms with Crippen molar-refractivity contribution in [3.63, 3.8) is 0 Å². The van der Waals surface area contributed by atoms with Gasteiger partial charge in [-0.25, -0.2) is 18.8 Å². The summed E-state index contributed by atoms with van der Waals surface area (Å²) in [6.45, 7) is 4.97. The van der Waals surface area contributed by atoms with Crippen LogP contribution in [0.5, 0.6) is 11.5 Å². The minimum atomic E-state index is -0.334. The monoisotopic (exact) mass is 446 g/mol. The van der Waals surface area contributed by atoms with Crippen LogP contribution in [0, 0.1) is 5.82 Å². The van der Waals surface area contributed by atoms with Crippen LogP contribution in [0.15, 0.2) is 42.7 Å². The normalized spacial score (nSPS) is 14.5. The van der Waals surface area contributed by atoms with Crippen LogP contribution in [0.25, 0.3) is 10.9 Å². The van der Waals surface area contributed by atoms with E-state index in [1.165, 1.54) is 22.9 Å². The molecule has 1 aliphatic heterocycles. The molecule has 1 saturated heterocycles. The predicted octanol–water partition coefficient (Wildman–Crippen LogP) is 4.17. The van der Waals surface area contributed by atoms with Crippen molar-refractivity contribution >= 4 is 34.2 Å². The minimum absolute atomic E-state index is 0.334. The molecule has 2 heterocycles. The highest BCUT2D eigenvalue weighted by Crippen LogP contribution is 2.37. The van der Waals surface area contributed by atoms with Gasteiger partial charge in [-0.3, -0.25) is 4.90 Å². The van der Waals surface area contributed by atoms with E-state index in [9.17, 15) is 4.39 Å². The second-order valence-electron chi connectivity index (χ2n) is 7.13. The zero-order valence-corrected chi connectivity index (χ0v) is 18.0. The summed E-state index contributed by atoms with van der Waals surface area (Å²) in [6.07, 6.45) is 2.31. The number of halogens is 2. The van der Waals surface area contributed by atoms with Crippen molar-refractivity contribution in [2.24, 2.45) is 0 Å². The van der Waals surface area contributed by atoms with E-state index in [2.05, 4.69) is 14.9 Å². The van der Waals surface area contributed by atoms with E-state index in [-0.39, 0.29) is 5.82 Å². The Balaban J connectivity index is 1.54. The summed E-state index contributed by atoms with van der Waals surface area (Å²) in [7, 11) is 1.59. The molecule has 1 aromatic heterocycles. The maximum absolute atomic E-state index is 13.3. The van der Waals surface area contributed by atoms with Crippen molar-refractivity contribution in [3.05, 3.63) is 48.5 Å². The van der Waals surface area contributed by atoms with Crippen molar-refractivity contribution in [2.75, 3.05) is 51.0 Å². The Kier molecular flexibility index (Phi) is 7.01. The Morgan fingerprint density at radius 1 is 1.13 bits per heavy atom. The second-order valence-corrected chi connectivity index (χ2v) is 7.47. The number of ether oxygens (including phenoxy) is 3. The van der Waals surface area contributed by atoms with Gasteiger partial charge in [0.05, 0.1) is 38.1 Å². The van der Waals surface area contributed by atoms with E-state index in [1.807, 2.05) is 6.07 Å². The number of benzene rings is 2. The predicted molar refractivity (Wildman–Crippen MR) is 118 cm³/mol. The SMILES string of the molecule is COc1cc2ncnc(N(Cl)c3ccc(F)cc3)c2cc1OCCCN1CCOCC1. The first-order chi connectivity index (χ1) is 15.2. The van der Waals surface area contributed by atoms with Gasteiger partial charge in [-0.1, -0.05) is 0 Å². The highest BCUT2D eigenvalue weighted by molar-refractivity contribution is 6.30. The number of rotatable bonds is 8. The summed E-state index contributed by atoms with van der Waals surface area (Å²) in [5.41, 5.74) is 1.25. The quantitative estimate of drug-likeness (QED) is 0.380. The summed E-state index contributed by atoms with van der Waals surface area (Å²) in [5.74, 6) is 1.32. The molecule has 0 unspecified atom stereocenters. The van der Waals surface area contributed by atoms with Gasteiger partial charge in [-0.15, -0.1) is 0 Å². The summed E-state index contributed by atoms with van der Waals surface area (Å²) in [4.78, 5) is 11.0. The number of hydrogen-bond donors (Lipinski definition) is 0. The van der Waals surface area contributed by atoms with Crippen molar-refractivity contribution in [2.45, 2.75) is 6.42 Å². The van der Waals surface area contributed by atoms with Gasteiger partial charge in [-0.05, 0) is 36.8 Å². The molecule has 4 rings (SSSR count). The molecule has 0 aliphatic carbocycles. The van der Waals surface area contributed by atoms with Gasteiger partial charge in [0.25, 0.3) is 0 Å². The van der Waals surface area contributed by atoms with Crippen molar-refractivity contribution < 1.29 is 18.6 Å². The van der Waals surface area contributed by atoms with E-state index >= 15 is 0 Å². The lowest BCUT2D eigenvalue weighted by molar-refractivity contribution is 0.0357. The van der Waals surface area contributed by atoms with Crippen molar-refractivity contribution in [1.29, 1.82) is 0 Å². The molecule has 9 heteroatoms. The van der Waals surface area contributed by atoms with Gasteiger partial charge in [0.1, 0.15) is 12.1 Å². The van der Waals surface area contributed by atoms with E-state index in [1.54, 1.807) is 25.3 Å². The van der Waals surface area contributed by atoms with E-state index < -0.39 is 0 Å². The molecular weight excluding hydrogens is 423 g/mol. The fourth-order valence-electron chi connectivity index (χ4n) is 3.47. The van der Waals surface area contributed by atoms with Gasteiger partial charge < -0.3 is 14.2 Å². The highest BCUT2D eigenvalue weighted by Gasteiger charge is 2.17. The standard InChI is InChI=1S/C22H24ClFN4O3/c1-29-20-14-19-18(13-21(20)31-10-2-7-27-8-11-30-12-9-27)22(26-15-25-19)28(23)17-5-3-16(24)4-6-17/h3-6,13-15H,2,7-12H2,1H3. The van der Waals surface area contributed by atoms with Crippen LogP contribution in [-0.2, 0) is 4.74 Å². The molecule has 0 spiro atoms. The number of anilines is 2. The van der Waals surface area contributed by atoms with Crippen LogP contribution in [0.3, 0.4) is 0 Å². The number of aromatic nitrogens is 2. The summed E-state index contributed by atoms with van der Waals surface area (Å²) >= 11 is 6.53. The van der Waals surface area contributed by atoms with Crippen LogP contribution >= 0.6 is 11.8 Å². The first kappa shape index (κ1) is 21.5. The zero-order chi connectivity index (χ0) is 21.6. The molecule has 0 saturated carbocycles. The summed E-state index contributed by atoms with van der Waals surface area (Å²) in [6, 6.07) is 9.50. The Labute approximate surface area is 185 Å². The Hall–Kier alpha value is -2.68. The Morgan fingerprint density at radius 3 is 2.65 bits per heavy atom. The summed E-state index contributed by atoms with van der Waals surface area (Å²) in [5, 5.41) is 0.700. The molecule has 0 atom stereocenters. The Morgan fingerprint density at radius 2 is 1.90 bits per heavy atom. The number of morpholine rings is 1. The van der Waals surface area contributed by atoms with Gasteiger partial charge in [0.2, 0.25) is 0 Å². The molecule has 7 nitrogen and oxygen atoms in total. The smallest absolute Gasteiger partial charge is 0.162 e. The Bertz CT molecular complexity index is 1020. The van der Waals surface area contributed by atoms with Crippen LogP contribution in [0.1, 0.15) is 6.42 Å². The van der Waals surface area contributed by atoms with Crippen LogP contribution < -0.4 is 13.9 Å². The lowest BCUT2D eigenvalue weighted by atomic mass is 10.2. The zero-order valence-electron chi connectivity index (χ0n) is 17.3. The van der Waals surface area contributed by atoms with E-state index in [0.717, 1.165) is 39.3 Å². The fraction of sp³-hybridized carbons (Fsp3) is 0.364. The highest BCUT2D eigenvalue weighted by atomic mass is 35.5. The largest absolute Gasteiger partial charge is 0.493 e. The van der Waals surface area contributed by atoms with E-state index in [0.29, 0.717) is 40.5 Å². The van der Waals surface area contributed by atoms with Gasteiger partial charge in [0.15, 0.2) is 17.3 Å². The molecule has 1 aliphatic rings. The van der Waals surface area contributed by atoms with Crippen LogP contribution in [0.4, 0.5) is 15.9 Å². The molecule has 0 radical (unpaired) electrons. The van der Waals surface area contributed by atoms with Gasteiger partial charge in [0, 0.05) is 42.9 Å². The fourth-order valence-corrected chi connectivity index (χ4v) is 3.72. The third-order valence-electron chi connectivity index (χ3n) is 5.12. The molecule has 1 fully saturated rings. The molecule has 3 aromatic rings. The van der Waals surface area contributed by atoms with Gasteiger partial charge >= 0.3 is 0 Å². The number of hydrogen-bond acceptors (Lipinski definition) is 7. The first-order valence-electron chi connectivity index (χ1n) is 10.1. The number of fused-ring (bicyclic) bond motifs is 1. The lowest BCUT2D eigenvalue weighted by Gasteiger charge is -2.26. The molecule has 0 bridgehead atoms. The lowest BCUT2D eigenvalue weighted by Crippen LogP contribution is -2.37. The molecule has 2 aromatic carbocycles. The third-order valence-corrected chi connectivity index (χ3v) is 5.47. The molecule has 0 N–H and O–H groups in total. The number of nitrogens with zero attached hydrogens (tertiary/aromatic N) is 4. The van der Waals surface area contributed by atoms with Crippen LogP contribution in [-0.4, -0.2) is 61.4 Å². The van der Waals surface area contributed by atoms with Gasteiger partial charge in [-0.2, -0.15) is 0 Å². The topological polar surface area (TPSA) is 60.0 Å². The minimum Gasteiger partial charge on any atom is -0.493 e. The van der Waals surface area contributed by atoms with E-state index in [4.69, 9.17) is 26.0 Å². The molecule has 31 heavy (non-hydrogen) atoms. The van der Waals surface area contributed by atoms with Crippen LogP contribution in [0.2, 0.25) is 0 Å². The van der Waals surface area contributed by atoms with Crippen molar-refractivity contribution in [3.8, 4) is 11.5 Å². The summed E-state index contributed by atoms with van der Waals surface area (Å²) < 4.78 is 31.6. The number of methoxy groups -OCH3 is 1. The van der Waals surface area contributed by atoms with Crippen molar-refractivity contribution in [1.82, 2.24) is 14.9 Å². The molecule has 0 amide bonds. The molecule has 164 valence electrons. The second kappa shape index (κ2) is 10.1. The first-order valence-corrected chi connectivity index (χ1v) is 10.5.